The minimum Gasteiger partial charge on any atom is -0.378 e. The van der Waals surface area contributed by atoms with Gasteiger partial charge in [-0.05, 0) is 51.4 Å². The minimum atomic E-state index is -0.356. The number of carbonyl (C=O) groups excluding carboxylic acids is 1. The molecule has 0 spiro atoms. The average Bonchev–Trinajstić information content (AvgIpc) is 3.44. The Balaban J connectivity index is 1.75. The summed E-state index contributed by atoms with van der Waals surface area (Å²) in [6.07, 6.45) is 12.1. The smallest absolute Gasteiger partial charge is 0.242 e. The fourth-order valence-corrected chi connectivity index (χ4v) is 4.18. The average molecular weight is 443 g/mol. The SMILES string of the molecule is CCCCc1cc(N[C@@H](CC(C)C)C(=O)NC2CCC(OCC)C2)nc(-n2ccnc2)n1. The summed E-state index contributed by atoms with van der Waals surface area (Å²) in [5.74, 6) is 1.64. The van der Waals surface area contributed by atoms with E-state index in [2.05, 4.69) is 41.4 Å². The highest BCUT2D eigenvalue weighted by Crippen LogP contribution is 2.23. The van der Waals surface area contributed by atoms with Gasteiger partial charge in [-0.1, -0.05) is 27.2 Å². The maximum Gasteiger partial charge on any atom is 0.242 e. The molecule has 8 heteroatoms. The largest absolute Gasteiger partial charge is 0.378 e. The van der Waals surface area contributed by atoms with E-state index in [4.69, 9.17) is 9.72 Å². The monoisotopic (exact) mass is 442 g/mol. The van der Waals surface area contributed by atoms with Crippen LogP contribution in [0.4, 0.5) is 5.82 Å². The van der Waals surface area contributed by atoms with Crippen LogP contribution >= 0.6 is 0 Å². The van der Waals surface area contributed by atoms with E-state index in [0.717, 1.165) is 57.2 Å². The lowest BCUT2D eigenvalue weighted by Gasteiger charge is -2.23. The molecule has 1 fully saturated rings. The van der Waals surface area contributed by atoms with Gasteiger partial charge in [-0.2, -0.15) is 4.98 Å². The van der Waals surface area contributed by atoms with Gasteiger partial charge >= 0.3 is 0 Å². The van der Waals surface area contributed by atoms with E-state index in [1.807, 2.05) is 19.2 Å². The van der Waals surface area contributed by atoms with Crippen molar-refractivity contribution in [1.82, 2.24) is 24.8 Å². The number of hydrogen-bond donors (Lipinski definition) is 2. The summed E-state index contributed by atoms with van der Waals surface area (Å²) in [4.78, 5) is 26.7. The van der Waals surface area contributed by atoms with Crippen LogP contribution in [0.2, 0.25) is 0 Å². The molecule has 2 N–H and O–H groups in total. The van der Waals surface area contributed by atoms with Gasteiger partial charge in [0.15, 0.2) is 0 Å². The van der Waals surface area contributed by atoms with Gasteiger partial charge in [0.25, 0.3) is 0 Å². The predicted octanol–water partition coefficient (Wildman–Crippen LogP) is 3.91. The Labute approximate surface area is 191 Å². The lowest BCUT2D eigenvalue weighted by Crippen LogP contribution is -2.44. The predicted molar refractivity (Wildman–Crippen MR) is 126 cm³/mol. The molecule has 1 aliphatic rings. The summed E-state index contributed by atoms with van der Waals surface area (Å²) < 4.78 is 7.53. The van der Waals surface area contributed by atoms with Gasteiger partial charge in [0.2, 0.25) is 11.9 Å². The van der Waals surface area contributed by atoms with E-state index in [1.54, 1.807) is 17.1 Å². The zero-order valence-corrected chi connectivity index (χ0v) is 19.9. The summed E-state index contributed by atoms with van der Waals surface area (Å²) in [5, 5.41) is 6.66. The maximum atomic E-state index is 13.2. The molecule has 0 radical (unpaired) electrons. The number of nitrogens with one attached hydrogen (secondary N) is 2. The number of aromatic nitrogens is 4. The number of aryl methyl sites for hydroxylation is 1. The van der Waals surface area contributed by atoms with Crippen LogP contribution in [-0.2, 0) is 16.0 Å². The van der Waals surface area contributed by atoms with Crippen LogP contribution in [-0.4, -0.2) is 50.2 Å². The molecule has 0 saturated heterocycles. The zero-order valence-electron chi connectivity index (χ0n) is 19.9. The van der Waals surface area contributed by atoms with Crippen molar-refractivity contribution in [2.45, 2.75) is 90.8 Å². The van der Waals surface area contributed by atoms with Crippen molar-refractivity contribution >= 4 is 11.7 Å². The Hall–Kier alpha value is -2.48. The number of unbranched alkanes of at least 4 members (excludes halogenated alkanes) is 1. The second-order valence-corrected chi connectivity index (χ2v) is 9.04. The molecule has 1 aliphatic carbocycles. The third kappa shape index (κ3) is 7.02. The second kappa shape index (κ2) is 11.9. The normalized spacial score (nSPS) is 19.3. The van der Waals surface area contributed by atoms with Gasteiger partial charge in [-0.3, -0.25) is 9.36 Å². The zero-order chi connectivity index (χ0) is 22.9. The van der Waals surface area contributed by atoms with Gasteiger partial charge in [-0.25, -0.2) is 9.97 Å². The van der Waals surface area contributed by atoms with Gasteiger partial charge in [0, 0.05) is 36.8 Å². The number of anilines is 1. The highest BCUT2D eigenvalue weighted by molar-refractivity contribution is 5.84. The first-order valence-corrected chi connectivity index (χ1v) is 12.0. The number of amides is 1. The molecule has 0 aliphatic heterocycles. The molecule has 0 bridgehead atoms. The first-order chi connectivity index (χ1) is 15.5. The minimum absolute atomic E-state index is 0.0266. The quantitative estimate of drug-likeness (QED) is 0.518. The first-order valence-electron chi connectivity index (χ1n) is 12.0. The van der Waals surface area contributed by atoms with Crippen molar-refractivity contribution < 1.29 is 9.53 Å². The van der Waals surface area contributed by atoms with Crippen molar-refractivity contribution in [2.75, 3.05) is 11.9 Å². The van der Waals surface area contributed by atoms with Gasteiger partial charge < -0.3 is 15.4 Å². The van der Waals surface area contributed by atoms with Crippen molar-refractivity contribution in [2.24, 2.45) is 5.92 Å². The number of nitrogens with zero attached hydrogens (tertiary/aromatic N) is 4. The molecule has 0 aromatic carbocycles. The highest BCUT2D eigenvalue weighted by Gasteiger charge is 2.29. The van der Waals surface area contributed by atoms with Crippen LogP contribution in [0.1, 0.15) is 71.9 Å². The van der Waals surface area contributed by atoms with Crippen molar-refractivity contribution in [3.8, 4) is 5.95 Å². The van der Waals surface area contributed by atoms with E-state index in [1.165, 1.54) is 0 Å². The van der Waals surface area contributed by atoms with Gasteiger partial charge in [0.1, 0.15) is 18.2 Å². The fourth-order valence-electron chi connectivity index (χ4n) is 4.18. The molecule has 1 saturated carbocycles. The topological polar surface area (TPSA) is 94.0 Å². The summed E-state index contributed by atoms with van der Waals surface area (Å²) in [6, 6.07) is 1.78. The lowest BCUT2D eigenvalue weighted by atomic mass is 10.0. The standard InChI is InChI=1S/C24H38N6O2/c1-5-7-8-18-15-22(29-24(27-18)30-12-11-25-16-30)28-21(13-17(3)4)23(31)26-19-9-10-20(14-19)32-6-2/h11-12,15-17,19-21H,5-10,13-14H2,1-4H3,(H,26,31)(H,27,28,29)/t19?,20?,21-/m0/s1. The molecular weight excluding hydrogens is 404 g/mol. The highest BCUT2D eigenvalue weighted by atomic mass is 16.5. The number of hydrogen-bond acceptors (Lipinski definition) is 6. The van der Waals surface area contributed by atoms with E-state index >= 15 is 0 Å². The van der Waals surface area contributed by atoms with E-state index < -0.39 is 0 Å². The molecule has 2 aromatic rings. The van der Waals surface area contributed by atoms with E-state index in [0.29, 0.717) is 17.7 Å². The summed E-state index contributed by atoms with van der Waals surface area (Å²) in [6.45, 7) is 9.16. The Morgan fingerprint density at radius 3 is 2.81 bits per heavy atom. The van der Waals surface area contributed by atoms with Gasteiger partial charge in [0.05, 0.1) is 6.10 Å². The summed E-state index contributed by atoms with van der Waals surface area (Å²) in [7, 11) is 0. The molecule has 3 atom stereocenters. The van der Waals surface area contributed by atoms with Crippen LogP contribution in [0.3, 0.4) is 0 Å². The van der Waals surface area contributed by atoms with Crippen molar-refractivity contribution in [3.63, 3.8) is 0 Å². The first kappa shape index (κ1) is 24.2. The van der Waals surface area contributed by atoms with E-state index in [-0.39, 0.29) is 24.1 Å². The Bertz CT molecular complexity index is 839. The molecule has 8 nitrogen and oxygen atoms in total. The molecule has 3 rings (SSSR count). The fraction of sp³-hybridized carbons (Fsp3) is 0.667. The molecular formula is C24H38N6O2. The van der Waals surface area contributed by atoms with Crippen LogP contribution in [0, 0.1) is 5.92 Å². The third-order valence-electron chi connectivity index (χ3n) is 5.77. The number of ether oxygens (including phenoxy) is 1. The van der Waals surface area contributed by atoms with Crippen LogP contribution < -0.4 is 10.6 Å². The van der Waals surface area contributed by atoms with E-state index in [9.17, 15) is 4.79 Å². The Morgan fingerprint density at radius 2 is 2.12 bits per heavy atom. The van der Waals surface area contributed by atoms with Crippen molar-refractivity contribution in [3.05, 3.63) is 30.5 Å². The summed E-state index contributed by atoms with van der Waals surface area (Å²) in [5.41, 5.74) is 0.965. The Morgan fingerprint density at radius 1 is 1.28 bits per heavy atom. The molecule has 32 heavy (non-hydrogen) atoms. The third-order valence-corrected chi connectivity index (χ3v) is 5.77. The Kier molecular flexibility index (Phi) is 9.02. The number of imidazole rings is 1. The lowest BCUT2D eigenvalue weighted by molar-refractivity contribution is -0.122. The number of rotatable bonds is 12. The number of carbonyl (C=O) groups is 1. The van der Waals surface area contributed by atoms with Crippen molar-refractivity contribution in [1.29, 1.82) is 0 Å². The molecule has 1 amide bonds. The van der Waals surface area contributed by atoms with Crippen LogP contribution in [0.25, 0.3) is 5.95 Å². The molecule has 176 valence electrons. The maximum absolute atomic E-state index is 13.2. The van der Waals surface area contributed by atoms with Crippen LogP contribution in [0.5, 0.6) is 0 Å². The summed E-state index contributed by atoms with van der Waals surface area (Å²) >= 11 is 0. The molecule has 2 heterocycles. The van der Waals surface area contributed by atoms with Gasteiger partial charge in [-0.15, -0.1) is 0 Å². The molecule has 2 unspecified atom stereocenters. The molecule has 2 aromatic heterocycles. The second-order valence-electron chi connectivity index (χ2n) is 9.04. The van der Waals surface area contributed by atoms with Crippen LogP contribution in [0.15, 0.2) is 24.8 Å².